The maximum absolute atomic E-state index is 11.7. The van der Waals surface area contributed by atoms with Crippen LogP contribution in [0.25, 0.3) is 11.3 Å². The maximum atomic E-state index is 11.7. The number of nitrogens with one attached hydrogen (secondary N) is 1. The number of phenolic OH excluding ortho intramolecular Hbond substituents is 1. The van der Waals surface area contributed by atoms with Gasteiger partial charge in [0.1, 0.15) is 17.3 Å². The Hall–Kier alpha value is -2.71. The molecule has 1 saturated heterocycles. The van der Waals surface area contributed by atoms with Gasteiger partial charge in [-0.25, -0.2) is 9.78 Å². The number of benzene rings is 1. The second-order valence-electron chi connectivity index (χ2n) is 8.12. The van der Waals surface area contributed by atoms with Gasteiger partial charge < -0.3 is 26.0 Å². The van der Waals surface area contributed by atoms with Crippen molar-refractivity contribution in [2.24, 2.45) is 5.92 Å². The molecule has 0 radical (unpaired) electrons. The summed E-state index contributed by atoms with van der Waals surface area (Å²) < 4.78 is 5.98. The molecule has 2 aliphatic rings. The SMILES string of the molecule is CN(C(=O)O)c1c(C2CCCNC2)cc(-c2c(O)cccc2OCC2CC2)nc1N.Cl. The fourth-order valence-corrected chi connectivity index (χ4v) is 3.99. The number of pyridine rings is 1. The predicted molar refractivity (Wildman–Crippen MR) is 122 cm³/mol. The second-order valence-corrected chi connectivity index (χ2v) is 8.12. The Kier molecular flexibility index (Phi) is 7.12. The van der Waals surface area contributed by atoms with Crippen molar-refractivity contribution >= 4 is 30.0 Å². The van der Waals surface area contributed by atoms with Gasteiger partial charge in [-0.15, -0.1) is 12.4 Å². The maximum Gasteiger partial charge on any atom is 0.411 e. The van der Waals surface area contributed by atoms with Crippen molar-refractivity contribution in [1.82, 2.24) is 10.3 Å². The van der Waals surface area contributed by atoms with E-state index in [-0.39, 0.29) is 29.9 Å². The van der Waals surface area contributed by atoms with Gasteiger partial charge in [-0.2, -0.15) is 0 Å². The van der Waals surface area contributed by atoms with Gasteiger partial charge in [0.25, 0.3) is 0 Å². The van der Waals surface area contributed by atoms with E-state index in [1.165, 1.54) is 7.05 Å². The molecule has 9 heteroatoms. The summed E-state index contributed by atoms with van der Waals surface area (Å²) in [6.07, 6.45) is 3.13. The summed E-state index contributed by atoms with van der Waals surface area (Å²) in [6, 6.07) is 7.00. The molecule has 1 aromatic carbocycles. The van der Waals surface area contributed by atoms with Gasteiger partial charge in [-0.3, -0.25) is 4.90 Å². The molecule has 1 aliphatic carbocycles. The summed E-state index contributed by atoms with van der Waals surface area (Å²) in [5.74, 6) is 1.40. The molecule has 2 fully saturated rings. The van der Waals surface area contributed by atoms with E-state index in [4.69, 9.17) is 10.5 Å². The van der Waals surface area contributed by atoms with Crippen LogP contribution in [0.2, 0.25) is 0 Å². The summed E-state index contributed by atoms with van der Waals surface area (Å²) in [5, 5.41) is 23.5. The average molecular weight is 449 g/mol. The zero-order chi connectivity index (χ0) is 21.3. The van der Waals surface area contributed by atoms with Gasteiger partial charge in [0, 0.05) is 13.6 Å². The number of aromatic nitrogens is 1. The number of aromatic hydroxyl groups is 1. The Bertz CT molecular complexity index is 945. The molecule has 4 rings (SSSR count). The van der Waals surface area contributed by atoms with E-state index in [0.717, 1.165) is 49.2 Å². The lowest BCUT2D eigenvalue weighted by molar-refractivity contribution is 0.203. The van der Waals surface area contributed by atoms with Crippen molar-refractivity contribution in [1.29, 1.82) is 0 Å². The first-order chi connectivity index (χ1) is 14.5. The van der Waals surface area contributed by atoms with Crippen LogP contribution in [-0.4, -0.2) is 48.0 Å². The molecule has 1 aliphatic heterocycles. The fraction of sp³-hybridized carbons (Fsp3) is 0.455. The lowest BCUT2D eigenvalue weighted by atomic mass is 9.89. The number of ether oxygens (including phenoxy) is 1. The molecule has 0 spiro atoms. The summed E-state index contributed by atoms with van der Waals surface area (Å²) >= 11 is 0. The first kappa shape index (κ1) is 23.0. The molecule has 1 aromatic heterocycles. The predicted octanol–water partition coefficient (Wildman–Crippen LogP) is 3.83. The molecule has 5 N–H and O–H groups in total. The van der Waals surface area contributed by atoms with Gasteiger partial charge in [0.15, 0.2) is 0 Å². The minimum absolute atomic E-state index is 0. The number of phenols is 1. The average Bonchev–Trinajstić information content (AvgIpc) is 3.56. The van der Waals surface area contributed by atoms with Gasteiger partial charge in [0.05, 0.1) is 23.6 Å². The molecular formula is C22H29ClN4O4. The number of amides is 1. The fourth-order valence-electron chi connectivity index (χ4n) is 3.99. The lowest BCUT2D eigenvalue weighted by Crippen LogP contribution is -2.32. The molecule has 1 saturated carbocycles. The van der Waals surface area contributed by atoms with E-state index >= 15 is 0 Å². The molecule has 2 aromatic rings. The molecule has 8 nitrogen and oxygen atoms in total. The van der Waals surface area contributed by atoms with Crippen molar-refractivity contribution in [2.75, 3.05) is 37.4 Å². The van der Waals surface area contributed by atoms with E-state index in [0.29, 0.717) is 35.2 Å². The minimum Gasteiger partial charge on any atom is -0.507 e. The largest absolute Gasteiger partial charge is 0.507 e. The Labute approximate surface area is 187 Å². The summed E-state index contributed by atoms with van der Waals surface area (Å²) in [7, 11) is 1.47. The number of anilines is 2. The zero-order valence-corrected chi connectivity index (χ0v) is 18.3. The van der Waals surface area contributed by atoms with Gasteiger partial charge >= 0.3 is 6.09 Å². The van der Waals surface area contributed by atoms with E-state index in [1.807, 2.05) is 12.1 Å². The highest BCUT2D eigenvalue weighted by atomic mass is 35.5. The number of piperidine rings is 1. The monoisotopic (exact) mass is 448 g/mol. The van der Waals surface area contributed by atoms with Gasteiger partial charge in [-0.1, -0.05) is 6.07 Å². The van der Waals surface area contributed by atoms with E-state index in [1.54, 1.807) is 12.1 Å². The van der Waals surface area contributed by atoms with E-state index < -0.39 is 6.09 Å². The number of nitrogens with zero attached hydrogens (tertiary/aromatic N) is 2. The quantitative estimate of drug-likeness (QED) is 0.529. The zero-order valence-electron chi connectivity index (χ0n) is 17.5. The van der Waals surface area contributed by atoms with Crippen LogP contribution in [0.1, 0.15) is 37.2 Å². The van der Waals surface area contributed by atoms with Crippen molar-refractivity contribution < 1.29 is 19.7 Å². The number of rotatable bonds is 6. The Balaban J connectivity index is 0.00000272. The summed E-state index contributed by atoms with van der Waals surface area (Å²) in [4.78, 5) is 17.3. The number of nitrogen functional groups attached to an aromatic ring is 1. The van der Waals surface area contributed by atoms with Crippen LogP contribution in [0.5, 0.6) is 11.5 Å². The van der Waals surface area contributed by atoms with Gasteiger partial charge in [0.2, 0.25) is 0 Å². The molecule has 168 valence electrons. The molecular weight excluding hydrogens is 420 g/mol. The number of halogens is 1. The Morgan fingerprint density at radius 3 is 2.77 bits per heavy atom. The van der Waals surface area contributed by atoms with Crippen LogP contribution in [0.4, 0.5) is 16.3 Å². The topological polar surface area (TPSA) is 121 Å². The standard InChI is InChI=1S/C22H28N4O4.ClH/c1-26(22(28)29)20-15(14-4-3-9-24-11-14)10-16(25-21(20)23)19-17(27)5-2-6-18(19)30-12-13-7-8-13;/h2,5-6,10,13-14,24,27H,3-4,7-9,11-12H2,1H3,(H2,23,25)(H,28,29);1H. The smallest absolute Gasteiger partial charge is 0.411 e. The highest BCUT2D eigenvalue weighted by Crippen LogP contribution is 2.43. The third kappa shape index (κ3) is 4.97. The van der Waals surface area contributed by atoms with Crippen molar-refractivity contribution in [2.45, 2.75) is 31.6 Å². The number of hydrogen-bond acceptors (Lipinski definition) is 6. The van der Waals surface area contributed by atoms with Crippen LogP contribution in [-0.2, 0) is 0 Å². The molecule has 1 unspecified atom stereocenters. The molecule has 2 heterocycles. The number of carbonyl (C=O) groups is 1. The molecule has 0 bridgehead atoms. The first-order valence-corrected chi connectivity index (χ1v) is 10.4. The third-order valence-electron chi connectivity index (χ3n) is 5.84. The number of nitrogens with two attached hydrogens (primary N) is 1. The molecule has 1 amide bonds. The van der Waals surface area contributed by atoms with Crippen LogP contribution in [0.15, 0.2) is 24.3 Å². The first-order valence-electron chi connectivity index (χ1n) is 10.4. The van der Waals surface area contributed by atoms with Crippen LogP contribution in [0, 0.1) is 5.92 Å². The van der Waals surface area contributed by atoms with Crippen LogP contribution >= 0.6 is 12.4 Å². The summed E-state index contributed by atoms with van der Waals surface area (Å²) in [5.41, 5.74) is 8.46. The normalized spacial score (nSPS) is 18.2. The third-order valence-corrected chi connectivity index (χ3v) is 5.84. The van der Waals surface area contributed by atoms with E-state index in [2.05, 4.69) is 10.3 Å². The summed E-state index contributed by atoms with van der Waals surface area (Å²) in [6.45, 7) is 2.27. The number of carboxylic acid groups (broad SMARTS) is 1. The highest BCUT2D eigenvalue weighted by molar-refractivity contribution is 5.92. The van der Waals surface area contributed by atoms with Crippen molar-refractivity contribution in [3.05, 3.63) is 29.8 Å². The Morgan fingerprint density at radius 1 is 1.35 bits per heavy atom. The lowest BCUT2D eigenvalue weighted by Gasteiger charge is -2.28. The van der Waals surface area contributed by atoms with Crippen molar-refractivity contribution in [3.63, 3.8) is 0 Å². The van der Waals surface area contributed by atoms with Gasteiger partial charge in [-0.05, 0) is 67.8 Å². The van der Waals surface area contributed by atoms with Crippen LogP contribution in [0.3, 0.4) is 0 Å². The van der Waals surface area contributed by atoms with E-state index in [9.17, 15) is 15.0 Å². The molecule has 1 atom stereocenters. The highest BCUT2D eigenvalue weighted by Gasteiger charge is 2.28. The van der Waals surface area contributed by atoms with Crippen molar-refractivity contribution in [3.8, 4) is 22.8 Å². The molecule has 31 heavy (non-hydrogen) atoms. The number of hydrogen-bond donors (Lipinski definition) is 4. The Morgan fingerprint density at radius 2 is 2.13 bits per heavy atom. The minimum atomic E-state index is -1.10. The van der Waals surface area contributed by atoms with Crippen LogP contribution < -0.4 is 20.7 Å². The second kappa shape index (κ2) is 9.62.